The molecule has 0 unspecified atom stereocenters. The maximum absolute atomic E-state index is 11.6. The number of halogens is 1. The zero-order valence-electron chi connectivity index (χ0n) is 12.4. The van der Waals surface area contributed by atoms with Crippen LogP contribution in [0.3, 0.4) is 0 Å². The predicted octanol–water partition coefficient (Wildman–Crippen LogP) is 3.22. The Morgan fingerprint density at radius 2 is 2.05 bits per heavy atom. The maximum atomic E-state index is 11.6. The van der Waals surface area contributed by atoms with Gasteiger partial charge in [-0.3, -0.25) is 4.79 Å². The lowest BCUT2D eigenvalue weighted by molar-refractivity contribution is -0.141. The van der Waals surface area contributed by atoms with Crippen LogP contribution in [0.5, 0.6) is 0 Å². The fourth-order valence-electron chi connectivity index (χ4n) is 1.72. The van der Waals surface area contributed by atoms with E-state index in [1.54, 1.807) is 20.8 Å². The number of carboxylic acid groups (broad SMARTS) is 1. The van der Waals surface area contributed by atoms with E-state index < -0.39 is 23.6 Å². The average molecular weight is 358 g/mol. The smallest absolute Gasteiger partial charge is 0.407 e. The van der Waals surface area contributed by atoms with E-state index in [2.05, 4.69) is 21.2 Å². The van der Waals surface area contributed by atoms with Crippen LogP contribution in [0.4, 0.5) is 4.79 Å². The second kappa shape index (κ2) is 7.45. The zero-order valence-corrected chi connectivity index (χ0v) is 13.9. The van der Waals surface area contributed by atoms with Crippen molar-refractivity contribution in [3.05, 3.63) is 34.3 Å². The number of ether oxygens (including phenoxy) is 1. The fraction of sp³-hybridized carbons (Fsp3) is 0.467. The van der Waals surface area contributed by atoms with Gasteiger partial charge in [-0.2, -0.15) is 0 Å². The minimum atomic E-state index is -0.953. The van der Waals surface area contributed by atoms with E-state index in [1.165, 1.54) is 0 Å². The molecule has 1 aromatic rings. The van der Waals surface area contributed by atoms with Gasteiger partial charge in [0.15, 0.2) is 0 Å². The van der Waals surface area contributed by atoms with Crippen molar-refractivity contribution in [3.63, 3.8) is 0 Å². The lowest BCUT2D eigenvalue weighted by Crippen LogP contribution is -2.37. The molecule has 5 nitrogen and oxygen atoms in total. The number of aliphatic carboxylic acids is 1. The van der Waals surface area contributed by atoms with Crippen molar-refractivity contribution < 1.29 is 19.4 Å². The molecule has 0 saturated carbocycles. The molecule has 6 heteroatoms. The zero-order chi connectivity index (χ0) is 16.0. The third kappa shape index (κ3) is 7.13. The Labute approximate surface area is 132 Å². The number of alkyl carbamates (subject to hydrolysis) is 1. The summed E-state index contributed by atoms with van der Waals surface area (Å²) in [5.74, 6) is -1.65. The third-order valence-electron chi connectivity index (χ3n) is 2.61. The minimum Gasteiger partial charge on any atom is -0.481 e. The van der Waals surface area contributed by atoms with Crippen molar-refractivity contribution in [3.8, 4) is 0 Å². The summed E-state index contributed by atoms with van der Waals surface area (Å²) in [4.78, 5) is 22.8. The van der Waals surface area contributed by atoms with Crippen molar-refractivity contribution in [2.24, 2.45) is 5.92 Å². The highest BCUT2D eigenvalue weighted by atomic mass is 79.9. The molecule has 21 heavy (non-hydrogen) atoms. The number of benzene rings is 1. The summed E-state index contributed by atoms with van der Waals surface area (Å²) < 4.78 is 5.98. The molecule has 0 saturated heterocycles. The molecule has 0 aliphatic heterocycles. The van der Waals surface area contributed by atoms with Crippen LogP contribution in [-0.4, -0.2) is 29.3 Å². The average Bonchev–Trinajstić information content (AvgIpc) is 2.32. The van der Waals surface area contributed by atoms with E-state index in [0.29, 0.717) is 6.42 Å². The van der Waals surface area contributed by atoms with Crippen molar-refractivity contribution in [2.75, 3.05) is 6.54 Å². The highest BCUT2D eigenvalue weighted by Gasteiger charge is 2.21. The highest BCUT2D eigenvalue weighted by Crippen LogP contribution is 2.15. The van der Waals surface area contributed by atoms with E-state index in [1.807, 2.05) is 24.3 Å². The summed E-state index contributed by atoms with van der Waals surface area (Å²) >= 11 is 3.35. The second-order valence-electron chi connectivity index (χ2n) is 5.75. The topological polar surface area (TPSA) is 75.6 Å². The Kier molecular flexibility index (Phi) is 6.20. The standard InChI is InChI=1S/C15H20BrNO4/c1-15(2,3)21-14(20)17-9-11(13(18)19)7-10-5-4-6-12(16)8-10/h4-6,8,11H,7,9H2,1-3H3,(H,17,20)(H,18,19)/t11-/m1/s1. The Bertz CT molecular complexity index is 511. The molecule has 1 atom stereocenters. The van der Waals surface area contributed by atoms with Gasteiger partial charge in [-0.1, -0.05) is 28.1 Å². The highest BCUT2D eigenvalue weighted by molar-refractivity contribution is 9.10. The van der Waals surface area contributed by atoms with Crippen molar-refractivity contribution in [2.45, 2.75) is 32.8 Å². The van der Waals surface area contributed by atoms with Gasteiger partial charge < -0.3 is 15.2 Å². The quantitative estimate of drug-likeness (QED) is 0.848. The number of hydrogen-bond acceptors (Lipinski definition) is 3. The van der Waals surface area contributed by atoms with Crippen LogP contribution in [0.15, 0.2) is 28.7 Å². The lowest BCUT2D eigenvalue weighted by atomic mass is 9.99. The van der Waals surface area contributed by atoms with Gasteiger partial charge in [0.2, 0.25) is 0 Å². The molecule has 0 radical (unpaired) electrons. The fourth-order valence-corrected chi connectivity index (χ4v) is 2.16. The van der Waals surface area contributed by atoms with Gasteiger partial charge in [0, 0.05) is 11.0 Å². The molecule has 1 aromatic carbocycles. The first-order valence-corrected chi connectivity index (χ1v) is 7.41. The Morgan fingerprint density at radius 3 is 2.57 bits per heavy atom. The van der Waals surface area contributed by atoms with Gasteiger partial charge in [-0.25, -0.2) is 4.79 Å². The second-order valence-corrected chi connectivity index (χ2v) is 6.67. The maximum Gasteiger partial charge on any atom is 0.407 e. The molecule has 0 aliphatic rings. The molecule has 1 rings (SSSR count). The summed E-state index contributed by atoms with van der Waals surface area (Å²) in [6.45, 7) is 5.28. The van der Waals surface area contributed by atoms with Crippen LogP contribution in [0.2, 0.25) is 0 Å². The minimum absolute atomic E-state index is 0.0246. The van der Waals surface area contributed by atoms with Crippen molar-refractivity contribution >= 4 is 28.0 Å². The summed E-state index contributed by atoms with van der Waals surface area (Å²) in [5, 5.41) is 11.7. The van der Waals surface area contributed by atoms with Crippen LogP contribution < -0.4 is 5.32 Å². The molecule has 0 bridgehead atoms. The lowest BCUT2D eigenvalue weighted by Gasteiger charge is -2.21. The van der Waals surface area contributed by atoms with Gasteiger partial charge in [0.05, 0.1) is 5.92 Å². The molecule has 0 aromatic heterocycles. The number of carboxylic acids is 1. The van der Waals surface area contributed by atoms with Crippen LogP contribution in [0, 0.1) is 5.92 Å². The predicted molar refractivity (Wildman–Crippen MR) is 83.2 cm³/mol. The van der Waals surface area contributed by atoms with E-state index in [9.17, 15) is 14.7 Å². The van der Waals surface area contributed by atoms with Crippen molar-refractivity contribution in [1.82, 2.24) is 5.32 Å². The number of carbonyl (C=O) groups excluding carboxylic acids is 1. The Morgan fingerprint density at radius 1 is 1.38 bits per heavy atom. The van der Waals surface area contributed by atoms with Crippen LogP contribution >= 0.6 is 15.9 Å². The molecule has 116 valence electrons. The first-order valence-electron chi connectivity index (χ1n) is 6.61. The molecular formula is C15H20BrNO4. The largest absolute Gasteiger partial charge is 0.481 e. The monoisotopic (exact) mass is 357 g/mol. The van der Waals surface area contributed by atoms with E-state index in [0.717, 1.165) is 10.0 Å². The van der Waals surface area contributed by atoms with Crippen LogP contribution in [0.25, 0.3) is 0 Å². The molecule has 0 heterocycles. The van der Waals surface area contributed by atoms with Gasteiger partial charge in [-0.15, -0.1) is 0 Å². The van der Waals surface area contributed by atoms with Gasteiger partial charge in [0.25, 0.3) is 0 Å². The van der Waals surface area contributed by atoms with Crippen LogP contribution in [-0.2, 0) is 16.0 Å². The summed E-state index contributed by atoms with van der Waals surface area (Å²) in [7, 11) is 0. The summed E-state index contributed by atoms with van der Waals surface area (Å²) in [6.07, 6.45) is -0.270. The molecular weight excluding hydrogens is 338 g/mol. The van der Waals surface area contributed by atoms with Gasteiger partial charge in [0.1, 0.15) is 5.60 Å². The van der Waals surface area contributed by atoms with E-state index in [4.69, 9.17) is 4.74 Å². The van der Waals surface area contributed by atoms with E-state index in [-0.39, 0.29) is 6.54 Å². The number of carbonyl (C=O) groups is 2. The third-order valence-corrected chi connectivity index (χ3v) is 3.11. The Hall–Kier alpha value is -1.56. The first kappa shape index (κ1) is 17.5. The van der Waals surface area contributed by atoms with Crippen LogP contribution in [0.1, 0.15) is 26.3 Å². The van der Waals surface area contributed by atoms with E-state index >= 15 is 0 Å². The Balaban J connectivity index is 2.59. The molecule has 1 amide bonds. The number of hydrogen-bond donors (Lipinski definition) is 2. The first-order chi connectivity index (χ1) is 9.67. The molecule has 0 fully saturated rings. The van der Waals surface area contributed by atoms with Gasteiger partial charge >= 0.3 is 12.1 Å². The number of amides is 1. The number of nitrogens with one attached hydrogen (secondary N) is 1. The normalized spacial score (nSPS) is 12.6. The summed E-state index contributed by atoms with van der Waals surface area (Å²) in [6, 6.07) is 7.44. The summed E-state index contributed by atoms with van der Waals surface area (Å²) in [5.41, 5.74) is 0.287. The molecule has 0 aliphatic carbocycles. The molecule has 2 N–H and O–H groups in total. The molecule has 0 spiro atoms. The number of rotatable bonds is 5. The van der Waals surface area contributed by atoms with Crippen molar-refractivity contribution in [1.29, 1.82) is 0 Å². The SMILES string of the molecule is CC(C)(C)OC(=O)NC[C@@H](Cc1cccc(Br)c1)C(=O)O. The van der Waals surface area contributed by atoms with Gasteiger partial charge in [-0.05, 0) is 44.9 Å².